The monoisotopic (exact) mass is 239 g/mol. The number of aliphatic hydroxyl groups is 1. The number of carbonyl (C=O) groups excluding carboxylic acids is 2. The molecule has 6 nitrogen and oxygen atoms in total. The predicted octanol–water partition coefficient (Wildman–Crippen LogP) is -0.943. The fourth-order valence-electron chi connectivity index (χ4n) is 2.55. The maximum absolute atomic E-state index is 12.1. The molecule has 1 saturated heterocycles. The first kappa shape index (κ1) is 12.0. The first-order valence-corrected chi connectivity index (χ1v) is 5.80. The van der Waals surface area contributed by atoms with Crippen molar-refractivity contribution in [2.45, 2.75) is 43.9 Å². The third-order valence-electron chi connectivity index (χ3n) is 3.44. The summed E-state index contributed by atoms with van der Waals surface area (Å²) in [5.74, 6) is -0.874. The number of aliphatic hydroxyl groups excluding tert-OH is 1. The van der Waals surface area contributed by atoms with Crippen LogP contribution in [0.25, 0.3) is 0 Å². The third kappa shape index (κ3) is 1.82. The van der Waals surface area contributed by atoms with Crippen molar-refractivity contribution in [3.63, 3.8) is 0 Å². The van der Waals surface area contributed by atoms with Gasteiger partial charge in [0.25, 0.3) is 5.91 Å². The summed E-state index contributed by atoms with van der Waals surface area (Å²) in [6.45, 7) is 1.83. The lowest BCUT2D eigenvalue weighted by molar-refractivity contribution is -0.162. The fourth-order valence-corrected chi connectivity index (χ4v) is 2.55. The van der Waals surface area contributed by atoms with Gasteiger partial charge in [-0.15, -0.1) is 0 Å². The van der Waals surface area contributed by atoms with Crippen molar-refractivity contribution < 1.29 is 14.7 Å². The van der Waals surface area contributed by atoms with Gasteiger partial charge in [0, 0.05) is 6.21 Å². The van der Waals surface area contributed by atoms with E-state index in [0.29, 0.717) is 13.0 Å². The smallest absolute Gasteiger partial charge is 0.253 e. The van der Waals surface area contributed by atoms with Crippen LogP contribution in [0.2, 0.25) is 0 Å². The average Bonchev–Trinajstić information content (AvgIpc) is 2.28. The molecule has 6 heteroatoms. The third-order valence-corrected chi connectivity index (χ3v) is 3.44. The van der Waals surface area contributed by atoms with Crippen LogP contribution in [0.1, 0.15) is 26.2 Å². The van der Waals surface area contributed by atoms with E-state index in [0.717, 1.165) is 12.8 Å². The van der Waals surface area contributed by atoms with E-state index in [1.165, 1.54) is 11.8 Å². The van der Waals surface area contributed by atoms with Crippen molar-refractivity contribution in [1.29, 1.82) is 0 Å². The number of amides is 2. The van der Waals surface area contributed by atoms with E-state index in [4.69, 9.17) is 5.73 Å². The minimum atomic E-state index is -0.957. The standard InChI is InChI=1S/C11H17N3O3/c1-7(15)8(9(12)16)14-6-11(10(14)17)4-2-3-5-13-11/h5,7-8,15H,2-4,6H2,1H3,(H2,12,16)/t7-,8+,11?/m1/s1. The molecule has 1 spiro atoms. The highest BCUT2D eigenvalue weighted by Crippen LogP contribution is 2.36. The highest BCUT2D eigenvalue weighted by Gasteiger charge is 2.55. The zero-order valence-electron chi connectivity index (χ0n) is 9.80. The van der Waals surface area contributed by atoms with Crippen LogP contribution in [0.3, 0.4) is 0 Å². The van der Waals surface area contributed by atoms with Gasteiger partial charge in [-0.05, 0) is 26.2 Å². The van der Waals surface area contributed by atoms with Gasteiger partial charge < -0.3 is 15.7 Å². The molecule has 0 saturated carbocycles. The van der Waals surface area contributed by atoms with Crippen LogP contribution in [0.4, 0.5) is 0 Å². The first-order valence-electron chi connectivity index (χ1n) is 5.80. The van der Waals surface area contributed by atoms with Gasteiger partial charge in [0.05, 0.1) is 12.6 Å². The number of hydrogen-bond acceptors (Lipinski definition) is 4. The van der Waals surface area contributed by atoms with Crippen molar-refractivity contribution in [2.75, 3.05) is 6.54 Å². The number of β-lactam (4-membered cyclic amide) rings is 1. The Bertz CT molecular complexity index is 380. The van der Waals surface area contributed by atoms with E-state index in [9.17, 15) is 14.7 Å². The molecule has 0 aromatic rings. The molecule has 3 N–H and O–H groups in total. The van der Waals surface area contributed by atoms with Gasteiger partial charge in [0.1, 0.15) is 6.04 Å². The summed E-state index contributed by atoms with van der Waals surface area (Å²) in [6, 6.07) is -0.940. The van der Waals surface area contributed by atoms with Crippen molar-refractivity contribution in [1.82, 2.24) is 4.90 Å². The van der Waals surface area contributed by atoms with E-state index in [2.05, 4.69) is 4.99 Å². The minimum absolute atomic E-state index is 0.196. The van der Waals surface area contributed by atoms with Gasteiger partial charge >= 0.3 is 0 Å². The van der Waals surface area contributed by atoms with E-state index in [-0.39, 0.29) is 5.91 Å². The normalized spacial score (nSPS) is 31.2. The quantitative estimate of drug-likeness (QED) is 0.622. The van der Waals surface area contributed by atoms with Crippen LogP contribution < -0.4 is 5.73 Å². The van der Waals surface area contributed by atoms with Crippen LogP contribution in [-0.2, 0) is 9.59 Å². The maximum Gasteiger partial charge on any atom is 0.253 e. The maximum atomic E-state index is 12.1. The molecule has 1 fully saturated rings. The molecule has 2 rings (SSSR count). The van der Waals surface area contributed by atoms with Gasteiger partial charge in [0.2, 0.25) is 5.91 Å². The van der Waals surface area contributed by atoms with Gasteiger partial charge in [-0.3, -0.25) is 14.6 Å². The van der Waals surface area contributed by atoms with Crippen molar-refractivity contribution in [3.8, 4) is 0 Å². The number of nitrogens with zero attached hydrogens (tertiary/aromatic N) is 2. The molecule has 0 bridgehead atoms. The Hall–Kier alpha value is -1.43. The van der Waals surface area contributed by atoms with Crippen molar-refractivity contribution >= 4 is 18.0 Å². The first-order chi connectivity index (χ1) is 7.98. The molecule has 2 heterocycles. The predicted molar refractivity (Wildman–Crippen MR) is 61.5 cm³/mol. The minimum Gasteiger partial charge on any atom is -0.391 e. The van der Waals surface area contributed by atoms with Gasteiger partial charge in [-0.2, -0.15) is 0 Å². The van der Waals surface area contributed by atoms with Crippen LogP contribution >= 0.6 is 0 Å². The van der Waals surface area contributed by atoms with Gasteiger partial charge in [0.15, 0.2) is 5.54 Å². The highest BCUT2D eigenvalue weighted by atomic mass is 16.3. The molecule has 0 aromatic heterocycles. The van der Waals surface area contributed by atoms with Crippen molar-refractivity contribution in [3.05, 3.63) is 0 Å². The molecular formula is C11H17N3O3. The summed E-state index contributed by atoms with van der Waals surface area (Å²) >= 11 is 0. The largest absolute Gasteiger partial charge is 0.391 e. The molecule has 2 aliphatic rings. The Morgan fingerprint density at radius 2 is 2.41 bits per heavy atom. The second kappa shape index (κ2) is 4.10. The summed E-state index contributed by atoms with van der Waals surface area (Å²) < 4.78 is 0. The molecular weight excluding hydrogens is 222 g/mol. The number of rotatable bonds is 3. The summed E-state index contributed by atoms with van der Waals surface area (Å²) in [5.41, 5.74) is 4.52. The molecule has 94 valence electrons. The Morgan fingerprint density at radius 3 is 2.82 bits per heavy atom. The van der Waals surface area contributed by atoms with E-state index in [1.807, 2.05) is 0 Å². The zero-order chi connectivity index (χ0) is 12.6. The molecule has 0 aliphatic carbocycles. The average molecular weight is 239 g/mol. The molecule has 1 unspecified atom stereocenters. The Morgan fingerprint density at radius 1 is 1.71 bits per heavy atom. The summed E-state index contributed by atoms with van der Waals surface area (Å²) in [5, 5.41) is 9.49. The van der Waals surface area contributed by atoms with Crippen LogP contribution in [0, 0.1) is 0 Å². The Balaban J connectivity index is 2.13. The van der Waals surface area contributed by atoms with Crippen LogP contribution in [0.5, 0.6) is 0 Å². The lowest BCUT2D eigenvalue weighted by Gasteiger charge is -2.50. The summed E-state index contributed by atoms with van der Waals surface area (Å²) in [6.07, 6.45) is 3.34. The topological polar surface area (TPSA) is 96.0 Å². The molecule has 0 radical (unpaired) electrons. The molecule has 3 atom stereocenters. The van der Waals surface area contributed by atoms with Crippen molar-refractivity contribution in [2.24, 2.45) is 10.7 Å². The second-order valence-corrected chi connectivity index (χ2v) is 4.76. The number of aliphatic imine (C=N–C) groups is 1. The van der Waals surface area contributed by atoms with Crippen LogP contribution in [-0.4, -0.2) is 52.3 Å². The van der Waals surface area contributed by atoms with Gasteiger partial charge in [-0.1, -0.05) is 0 Å². The second-order valence-electron chi connectivity index (χ2n) is 4.76. The fraction of sp³-hybridized carbons (Fsp3) is 0.727. The Kier molecular flexibility index (Phi) is 2.91. The zero-order valence-corrected chi connectivity index (χ0v) is 9.80. The van der Waals surface area contributed by atoms with E-state index >= 15 is 0 Å². The lowest BCUT2D eigenvalue weighted by Crippen LogP contribution is -2.72. The number of likely N-dealkylation sites (tertiary alicyclic amines) is 1. The van der Waals surface area contributed by atoms with E-state index < -0.39 is 23.6 Å². The number of hydrogen-bond donors (Lipinski definition) is 2. The summed E-state index contributed by atoms with van der Waals surface area (Å²) in [4.78, 5) is 28.9. The van der Waals surface area contributed by atoms with Crippen LogP contribution in [0.15, 0.2) is 4.99 Å². The number of carbonyl (C=O) groups is 2. The number of primary amides is 1. The SMILES string of the molecule is C[C@@H](O)[C@@H](C(N)=O)N1CC2(CCCC=N2)C1=O. The molecule has 0 aromatic carbocycles. The molecule has 17 heavy (non-hydrogen) atoms. The molecule has 2 aliphatic heterocycles. The van der Waals surface area contributed by atoms with E-state index in [1.54, 1.807) is 6.21 Å². The number of nitrogens with two attached hydrogens (primary N) is 1. The Labute approximate surface area is 99.5 Å². The lowest BCUT2D eigenvalue weighted by atomic mass is 9.80. The highest BCUT2D eigenvalue weighted by molar-refractivity contribution is 5.98. The summed E-state index contributed by atoms with van der Waals surface area (Å²) in [7, 11) is 0. The van der Waals surface area contributed by atoms with Gasteiger partial charge in [-0.25, -0.2) is 0 Å². The molecule has 2 amide bonds.